The Morgan fingerprint density at radius 2 is 2.17 bits per heavy atom. The molecule has 94 valence electrons. The zero-order chi connectivity index (χ0) is 13.3. The van der Waals surface area contributed by atoms with Crippen LogP contribution in [0.4, 0.5) is 5.82 Å². The first-order valence-electron chi connectivity index (χ1n) is 4.87. The van der Waals surface area contributed by atoms with Gasteiger partial charge in [0.05, 0.1) is 12.5 Å². The summed E-state index contributed by atoms with van der Waals surface area (Å²) in [6.07, 6.45) is 4.03. The predicted molar refractivity (Wildman–Crippen MR) is 61.9 cm³/mol. The summed E-state index contributed by atoms with van der Waals surface area (Å²) in [4.78, 5) is 3.75. The van der Waals surface area contributed by atoms with Gasteiger partial charge in [0, 0.05) is 20.3 Å². The molecule has 1 N–H and O–H groups in total. The highest BCUT2D eigenvalue weighted by molar-refractivity contribution is 7.92. The molecule has 0 aliphatic carbocycles. The Hall–Kier alpha value is -2.34. The van der Waals surface area contributed by atoms with E-state index in [0.717, 1.165) is 0 Å². The molecule has 9 heteroatoms. The van der Waals surface area contributed by atoms with E-state index in [-0.39, 0.29) is 16.4 Å². The number of aryl methyl sites for hydroxylation is 2. The lowest BCUT2D eigenvalue weighted by molar-refractivity contribution is 0.597. The molecule has 0 atom stereocenters. The summed E-state index contributed by atoms with van der Waals surface area (Å²) in [5, 5.41) is 12.5. The number of nitrogens with zero attached hydrogens (tertiary/aromatic N) is 5. The van der Waals surface area contributed by atoms with Gasteiger partial charge in [-0.2, -0.15) is 18.8 Å². The molecular formula is C9H10N6O2S. The van der Waals surface area contributed by atoms with Gasteiger partial charge in [0.1, 0.15) is 11.6 Å². The highest BCUT2D eigenvalue weighted by Crippen LogP contribution is 2.17. The Morgan fingerprint density at radius 1 is 1.44 bits per heavy atom. The van der Waals surface area contributed by atoms with Crippen LogP contribution in [0, 0.1) is 11.3 Å². The van der Waals surface area contributed by atoms with Crippen molar-refractivity contribution in [2.45, 2.75) is 5.03 Å². The minimum atomic E-state index is -3.81. The smallest absolute Gasteiger partial charge is 0.282 e. The fourth-order valence-electron chi connectivity index (χ4n) is 1.35. The Bertz CT molecular complexity index is 721. The number of nitriles is 1. The predicted octanol–water partition coefficient (Wildman–Crippen LogP) is -0.174. The van der Waals surface area contributed by atoms with Crippen LogP contribution in [0.2, 0.25) is 0 Å². The molecule has 0 bridgehead atoms. The van der Waals surface area contributed by atoms with E-state index in [4.69, 9.17) is 5.26 Å². The topological polar surface area (TPSA) is 106 Å². The third-order valence-electron chi connectivity index (χ3n) is 2.25. The lowest BCUT2D eigenvalue weighted by Crippen LogP contribution is -2.16. The van der Waals surface area contributed by atoms with Crippen LogP contribution < -0.4 is 4.72 Å². The highest BCUT2D eigenvalue weighted by atomic mass is 32.2. The van der Waals surface area contributed by atoms with Crippen LogP contribution >= 0.6 is 0 Å². The third kappa shape index (κ3) is 2.05. The minimum absolute atomic E-state index is 0.114. The van der Waals surface area contributed by atoms with E-state index < -0.39 is 10.0 Å². The van der Waals surface area contributed by atoms with Crippen LogP contribution in [0.5, 0.6) is 0 Å². The van der Waals surface area contributed by atoms with Crippen LogP contribution in [0.25, 0.3) is 0 Å². The minimum Gasteiger partial charge on any atom is -0.339 e. The number of anilines is 1. The molecule has 0 saturated heterocycles. The van der Waals surface area contributed by atoms with Gasteiger partial charge in [-0.15, -0.1) is 0 Å². The average molecular weight is 266 g/mol. The largest absolute Gasteiger partial charge is 0.339 e. The normalized spacial score (nSPS) is 11.2. The summed E-state index contributed by atoms with van der Waals surface area (Å²) in [6.45, 7) is 0. The van der Waals surface area contributed by atoms with E-state index >= 15 is 0 Å². The number of nitrogens with one attached hydrogen (secondary N) is 1. The van der Waals surface area contributed by atoms with Gasteiger partial charge in [-0.3, -0.25) is 9.40 Å². The van der Waals surface area contributed by atoms with Crippen molar-refractivity contribution in [3.8, 4) is 6.07 Å². The first-order chi connectivity index (χ1) is 8.44. The standard InChI is InChI=1S/C9H10N6O2S/c1-14-5-8(11-6-14)18(16,17)13-9-7(3-10)4-12-15(9)2/h4-6,13H,1-2H3. The van der Waals surface area contributed by atoms with Crippen molar-refractivity contribution in [1.82, 2.24) is 19.3 Å². The fraction of sp³-hybridized carbons (Fsp3) is 0.222. The zero-order valence-corrected chi connectivity index (χ0v) is 10.5. The van der Waals surface area contributed by atoms with Crippen LogP contribution in [0.3, 0.4) is 0 Å². The monoisotopic (exact) mass is 266 g/mol. The number of imidazole rings is 1. The van der Waals surface area contributed by atoms with Crippen LogP contribution in [0.1, 0.15) is 5.56 Å². The summed E-state index contributed by atoms with van der Waals surface area (Å²) in [7, 11) is -0.609. The molecule has 0 fully saturated rings. The fourth-order valence-corrected chi connectivity index (χ4v) is 2.44. The van der Waals surface area contributed by atoms with Gasteiger partial charge >= 0.3 is 0 Å². The van der Waals surface area contributed by atoms with Crippen molar-refractivity contribution in [3.05, 3.63) is 24.3 Å². The first kappa shape index (κ1) is 12.1. The summed E-state index contributed by atoms with van der Waals surface area (Å²) < 4.78 is 29.1. The molecule has 0 unspecified atom stereocenters. The highest BCUT2D eigenvalue weighted by Gasteiger charge is 2.20. The molecule has 2 rings (SSSR count). The molecule has 0 aliphatic heterocycles. The number of rotatable bonds is 3. The SMILES string of the molecule is Cn1cnc(S(=O)(=O)Nc2c(C#N)cnn2C)c1. The number of aromatic nitrogens is 4. The number of hydrogen-bond donors (Lipinski definition) is 1. The molecule has 18 heavy (non-hydrogen) atoms. The maximum absolute atomic E-state index is 12.0. The van der Waals surface area contributed by atoms with E-state index in [1.165, 1.54) is 35.0 Å². The van der Waals surface area contributed by atoms with Crippen LogP contribution in [-0.2, 0) is 24.1 Å². The molecule has 0 radical (unpaired) electrons. The maximum atomic E-state index is 12.0. The second-order valence-electron chi connectivity index (χ2n) is 3.63. The Morgan fingerprint density at radius 3 is 2.72 bits per heavy atom. The van der Waals surface area contributed by atoms with Gasteiger partial charge in [-0.1, -0.05) is 0 Å². The van der Waals surface area contributed by atoms with Crippen LogP contribution in [0.15, 0.2) is 23.7 Å². The molecule has 8 nitrogen and oxygen atoms in total. The van der Waals surface area contributed by atoms with E-state index in [1.54, 1.807) is 7.05 Å². The van der Waals surface area contributed by atoms with Crippen molar-refractivity contribution in [3.63, 3.8) is 0 Å². The summed E-state index contributed by atoms with van der Waals surface area (Å²) in [6, 6.07) is 1.86. The molecule has 0 spiro atoms. The van der Waals surface area contributed by atoms with Gasteiger partial charge < -0.3 is 4.57 Å². The molecule has 0 saturated carbocycles. The lowest BCUT2D eigenvalue weighted by Gasteiger charge is -2.05. The maximum Gasteiger partial charge on any atom is 0.282 e. The van der Waals surface area contributed by atoms with E-state index in [9.17, 15) is 8.42 Å². The summed E-state index contributed by atoms with van der Waals surface area (Å²) >= 11 is 0. The average Bonchev–Trinajstić information content (AvgIpc) is 2.87. The molecule has 0 aromatic carbocycles. The molecular weight excluding hydrogens is 256 g/mol. The molecule has 0 aliphatic rings. The van der Waals surface area contributed by atoms with Crippen molar-refractivity contribution >= 4 is 15.8 Å². The summed E-state index contributed by atoms with van der Waals surface area (Å²) in [5.41, 5.74) is 0.150. The van der Waals surface area contributed by atoms with E-state index in [1.807, 2.05) is 6.07 Å². The quantitative estimate of drug-likeness (QED) is 0.830. The second-order valence-corrected chi connectivity index (χ2v) is 5.25. The molecule has 2 heterocycles. The van der Waals surface area contributed by atoms with Crippen molar-refractivity contribution in [2.24, 2.45) is 14.1 Å². The van der Waals surface area contributed by atoms with Gasteiger partial charge in [0.15, 0.2) is 10.8 Å². The Labute approximate surface area is 104 Å². The van der Waals surface area contributed by atoms with Crippen molar-refractivity contribution in [2.75, 3.05) is 4.72 Å². The van der Waals surface area contributed by atoms with Gasteiger partial charge in [-0.05, 0) is 0 Å². The Kier molecular flexibility index (Phi) is 2.80. The van der Waals surface area contributed by atoms with Crippen LogP contribution in [-0.4, -0.2) is 27.7 Å². The van der Waals surface area contributed by atoms with Gasteiger partial charge in [-0.25, -0.2) is 4.98 Å². The lowest BCUT2D eigenvalue weighted by atomic mass is 10.4. The van der Waals surface area contributed by atoms with E-state index in [2.05, 4.69) is 14.8 Å². The Balaban J connectivity index is 2.40. The molecule has 2 aromatic heterocycles. The number of hydrogen-bond acceptors (Lipinski definition) is 5. The molecule has 2 aromatic rings. The summed E-state index contributed by atoms with van der Waals surface area (Å²) in [5.74, 6) is 0.114. The zero-order valence-electron chi connectivity index (χ0n) is 9.69. The first-order valence-corrected chi connectivity index (χ1v) is 6.35. The second kappa shape index (κ2) is 4.15. The van der Waals surface area contributed by atoms with Crippen molar-refractivity contribution < 1.29 is 8.42 Å². The number of sulfonamides is 1. The molecule has 0 amide bonds. The van der Waals surface area contributed by atoms with Gasteiger partial charge in [0.25, 0.3) is 10.0 Å². The third-order valence-corrected chi connectivity index (χ3v) is 3.47. The van der Waals surface area contributed by atoms with Gasteiger partial charge in [0.2, 0.25) is 0 Å². The van der Waals surface area contributed by atoms with E-state index in [0.29, 0.717) is 0 Å². The van der Waals surface area contributed by atoms with Crippen molar-refractivity contribution in [1.29, 1.82) is 5.26 Å².